The molecule has 1 saturated heterocycles. The number of quaternary nitrogens is 1. The van der Waals surface area contributed by atoms with Crippen molar-refractivity contribution in [2.24, 2.45) is 11.8 Å². The zero-order chi connectivity index (χ0) is 19.0. The van der Waals surface area contributed by atoms with E-state index < -0.39 is 0 Å². The van der Waals surface area contributed by atoms with E-state index >= 15 is 0 Å². The molecule has 27 heavy (non-hydrogen) atoms. The van der Waals surface area contributed by atoms with Gasteiger partial charge >= 0.3 is 0 Å². The van der Waals surface area contributed by atoms with Crippen LogP contribution in [0.5, 0.6) is 11.5 Å². The Hall–Kier alpha value is -1.30. The predicted octanol–water partition coefficient (Wildman–Crippen LogP) is 2.94. The van der Waals surface area contributed by atoms with E-state index in [1.807, 2.05) is 0 Å². The molecule has 2 bridgehead atoms. The second-order valence-corrected chi connectivity index (χ2v) is 9.74. The van der Waals surface area contributed by atoms with Gasteiger partial charge in [-0.2, -0.15) is 0 Å². The number of benzene rings is 1. The van der Waals surface area contributed by atoms with E-state index in [0.717, 1.165) is 37.3 Å². The molecule has 1 aromatic rings. The van der Waals surface area contributed by atoms with E-state index in [-0.39, 0.29) is 16.2 Å². The summed E-state index contributed by atoms with van der Waals surface area (Å²) < 4.78 is 12.2. The number of rotatable bonds is 4. The molecule has 1 aromatic carbocycles. The normalized spacial score (nSPS) is 36.9. The number of methoxy groups -OCH3 is 1. The molecule has 0 N–H and O–H groups in total. The third kappa shape index (κ3) is 2.41. The van der Waals surface area contributed by atoms with Crippen LogP contribution in [0.25, 0.3) is 0 Å². The molecule has 2 heterocycles. The number of likely N-dealkylation sites (N-methyl/N-ethyl adjacent to an activating group) is 1. The van der Waals surface area contributed by atoms with E-state index in [4.69, 9.17) is 9.47 Å². The number of hydroxylamine groups is 3. The van der Waals surface area contributed by atoms with Crippen molar-refractivity contribution in [1.29, 1.82) is 0 Å². The van der Waals surface area contributed by atoms with Crippen LogP contribution < -0.4 is 9.47 Å². The summed E-state index contributed by atoms with van der Waals surface area (Å²) in [6, 6.07) is 4.98. The lowest BCUT2D eigenvalue weighted by atomic mass is 9.50. The highest BCUT2D eigenvalue weighted by molar-refractivity contribution is 5.61. The maximum atomic E-state index is 12.2. The van der Waals surface area contributed by atoms with E-state index in [1.165, 1.54) is 24.0 Å². The third-order valence-electron chi connectivity index (χ3n) is 7.96. The minimum absolute atomic E-state index is 0.123. The zero-order valence-corrected chi connectivity index (χ0v) is 17.0. The lowest BCUT2D eigenvalue weighted by Gasteiger charge is -2.59. The second-order valence-electron chi connectivity index (χ2n) is 9.74. The van der Waals surface area contributed by atoms with Crippen LogP contribution in [0.15, 0.2) is 12.1 Å². The van der Waals surface area contributed by atoms with Crippen molar-refractivity contribution >= 4 is 0 Å². The van der Waals surface area contributed by atoms with Gasteiger partial charge in [0.05, 0.1) is 27.7 Å². The summed E-state index contributed by atoms with van der Waals surface area (Å²) in [5, 5.41) is 12.2. The second kappa shape index (κ2) is 5.85. The summed E-state index contributed by atoms with van der Waals surface area (Å²) in [6.45, 7) is 1.79. The maximum absolute atomic E-state index is 12.2. The van der Waals surface area contributed by atoms with Crippen molar-refractivity contribution in [2.75, 3.05) is 41.3 Å². The summed E-state index contributed by atoms with van der Waals surface area (Å²) >= 11 is 0. The fourth-order valence-corrected chi connectivity index (χ4v) is 6.77. The Labute approximate surface area is 162 Å². The van der Waals surface area contributed by atoms with Gasteiger partial charge in [0.15, 0.2) is 11.5 Å². The number of hydrogen-bond acceptors (Lipinski definition) is 4. The van der Waals surface area contributed by atoms with Crippen LogP contribution in [0.4, 0.5) is 0 Å². The highest BCUT2D eigenvalue weighted by atomic mass is 16.5. The summed E-state index contributed by atoms with van der Waals surface area (Å²) in [5.74, 6) is 3.01. The molecule has 5 rings (SSSR count). The summed E-state index contributed by atoms with van der Waals surface area (Å²) in [6.07, 6.45) is 5.86. The Bertz CT molecular complexity index is 759. The molecule has 2 fully saturated rings. The van der Waals surface area contributed by atoms with Crippen molar-refractivity contribution in [3.8, 4) is 11.5 Å². The van der Waals surface area contributed by atoms with Crippen molar-refractivity contribution in [2.45, 2.75) is 49.7 Å². The average molecular weight is 373 g/mol. The van der Waals surface area contributed by atoms with E-state index in [1.54, 1.807) is 21.2 Å². The Balaban J connectivity index is 1.61. The number of piperidine rings is 1. The Morgan fingerprint density at radius 3 is 2.89 bits per heavy atom. The molecule has 0 amide bonds. The molecule has 148 valence electrons. The molecule has 0 aromatic heterocycles. The lowest BCUT2D eigenvalue weighted by Crippen LogP contribution is -2.65. The average Bonchev–Trinajstić information content (AvgIpc) is 2.97. The molecule has 1 spiro atoms. The van der Waals surface area contributed by atoms with Gasteiger partial charge in [0.25, 0.3) is 0 Å². The predicted molar refractivity (Wildman–Crippen MR) is 105 cm³/mol. The van der Waals surface area contributed by atoms with E-state index in [9.17, 15) is 5.21 Å². The fraction of sp³-hybridized carbons (Fsp3) is 0.727. The molecule has 2 aliphatic heterocycles. The van der Waals surface area contributed by atoms with Crippen molar-refractivity contribution in [3.05, 3.63) is 28.5 Å². The van der Waals surface area contributed by atoms with Crippen molar-refractivity contribution < 1.29 is 14.1 Å². The quantitative estimate of drug-likeness (QED) is 0.602. The molecule has 5 atom stereocenters. The van der Waals surface area contributed by atoms with Gasteiger partial charge < -0.3 is 24.2 Å². The molecule has 5 heteroatoms. The topological polar surface area (TPSA) is 44.8 Å². The van der Waals surface area contributed by atoms with Gasteiger partial charge in [-0.1, -0.05) is 6.07 Å². The lowest BCUT2D eigenvalue weighted by molar-refractivity contribution is -0.840. The van der Waals surface area contributed by atoms with Gasteiger partial charge in [0.1, 0.15) is 6.10 Å². The first-order valence-electron chi connectivity index (χ1n) is 10.5. The number of hydrogen-bond donors (Lipinski definition) is 0. The van der Waals surface area contributed by atoms with E-state index in [0.29, 0.717) is 24.4 Å². The molecule has 0 unspecified atom stereocenters. The summed E-state index contributed by atoms with van der Waals surface area (Å²) in [4.78, 5) is 2.58. The minimum atomic E-state index is -0.216. The third-order valence-corrected chi connectivity index (χ3v) is 7.96. The van der Waals surface area contributed by atoms with Crippen molar-refractivity contribution in [3.63, 3.8) is 0 Å². The molecule has 2 aliphatic carbocycles. The van der Waals surface area contributed by atoms with Crippen LogP contribution in [-0.4, -0.2) is 63.0 Å². The van der Waals surface area contributed by atoms with Gasteiger partial charge in [-0.3, -0.25) is 0 Å². The monoisotopic (exact) mass is 372 g/mol. The van der Waals surface area contributed by atoms with Crippen LogP contribution in [0.2, 0.25) is 0 Å². The summed E-state index contributed by atoms with van der Waals surface area (Å²) in [7, 11) is 7.54. The highest BCUT2D eigenvalue weighted by Crippen LogP contribution is 2.65. The highest BCUT2D eigenvalue weighted by Gasteiger charge is 2.65. The standard InChI is InChI=1S/C22H32N2O3/c1-23-11-10-22-16-7-5-14(9-12-24(2,3)25)21(22)27-20-18(26-4)8-6-15(19(20)22)13-17(16)23/h6,8,14,16-17,21H,5,7,9-13H2,1-4H3/t14-,16-,17+,21-,22-/m0/s1. The molecule has 4 aliphatic rings. The van der Waals surface area contributed by atoms with Crippen LogP contribution in [-0.2, 0) is 11.8 Å². The Morgan fingerprint density at radius 2 is 2.15 bits per heavy atom. The SMILES string of the molecule is COc1ccc2c3c1O[C@H]1[C@H](CC[N+](C)(C)[O-])CC[C@H]4[C@@H](C2)N(C)CC[C@@]341. The molecule has 5 nitrogen and oxygen atoms in total. The minimum Gasteiger partial charge on any atom is -0.633 e. The first-order valence-corrected chi connectivity index (χ1v) is 10.5. The first kappa shape index (κ1) is 17.8. The smallest absolute Gasteiger partial charge is 0.165 e. The van der Waals surface area contributed by atoms with Gasteiger partial charge in [0, 0.05) is 29.4 Å². The molecule has 1 saturated carbocycles. The first-order chi connectivity index (χ1) is 12.8. The van der Waals surface area contributed by atoms with Gasteiger partial charge in [-0.15, -0.1) is 0 Å². The number of ether oxygens (including phenoxy) is 2. The van der Waals surface area contributed by atoms with Gasteiger partial charge in [-0.05, 0) is 56.8 Å². The van der Waals surface area contributed by atoms with Gasteiger partial charge in [0.2, 0.25) is 0 Å². The Kier molecular flexibility index (Phi) is 3.85. The zero-order valence-electron chi connectivity index (χ0n) is 17.0. The molecule has 0 radical (unpaired) electrons. The number of likely N-dealkylation sites (tertiary alicyclic amines) is 1. The van der Waals surface area contributed by atoms with Crippen LogP contribution in [0, 0.1) is 17.0 Å². The summed E-state index contributed by atoms with van der Waals surface area (Å²) in [5.41, 5.74) is 3.04. The Morgan fingerprint density at radius 1 is 1.33 bits per heavy atom. The van der Waals surface area contributed by atoms with E-state index in [2.05, 4.69) is 24.1 Å². The fourth-order valence-electron chi connectivity index (χ4n) is 6.77. The van der Waals surface area contributed by atoms with Crippen LogP contribution in [0.3, 0.4) is 0 Å². The molecular weight excluding hydrogens is 340 g/mol. The largest absolute Gasteiger partial charge is 0.633 e. The van der Waals surface area contributed by atoms with Crippen molar-refractivity contribution in [1.82, 2.24) is 4.90 Å². The molecular formula is C22H32N2O3. The van der Waals surface area contributed by atoms with Gasteiger partial charge in [-0.25, -0.2) is 0 Å². The van der Waals surface area contributed by atoms with Crippen LogP contribution in [0.1, 0.15) is 36.8 Å². The maximum Gasteiger partial charge on any atom is 0.165 e. The van der Waals surface area contributed by atoms with Crippen LogP contribution >= 0.6 is 0 Å². The number of nitrogens with zero attached hydrogens (tertiary/aromatic N) is 2.